The Hall–Kier alpha value is -3.34. The Bertz CT molecular complexity index is 1410. The summed E-state index contributed by atoms with van der Waals surface area (Å²) in [6, 6.07) is 4.29. The Kier molecular flexibility index (Phi) is 7.35. The van der Waals surface area contributed by atoms with Crippen LogP contribution in [0.4, 0.5) is 18.0 Å². The van der Waals surface area contributed by atoms with Gasteiger partial charge in [0.05, 0.1) is 35.3 Å². The Morgan fingerprint density at radius 1 is 1.26 bits per heavy atom. The number of para-hydroxylation sites is 1. The molecular formula is C26H28ClF3N4O4. The highest BCUT2D eigenvalue weighted by Crippen LogP contribution is 2.49. The first kappa shape index (κ1) is 27.7. The van der Waals surface area contributed by atoms with E-state index in [0.717, 1.165) is 6.07 Å². The monoisotopic (exact) mass is 552 g/mol. The molecule has 12 heteroatoms. The van der Waals surface area contributed by atoms with Gasteiger partial charge in [-0.25, -0.2) is 14.8 Å². The number of amides is 1. The molecule has 0 unspecified atom stereocenters. The molecule has 4 rings (SSSR count). The minimum atomic E-state index is -4.67. The molecule has 0 saturated heterocycles. The van der Waals surface area contributed by atoms with Gasteiger partial charge in [0.1, 0.15) is 22.3 Å². The van der Waals surface area contributed by atoms with Crippen LogP contribution in [0.15, 0.2) is 35.3 Å². The number of halogens is 4. The first-order chi connectivity index (χ1) is 17.7. The molecule has 8 nitrogen and oxygen atoms in total. The highest BCUT2D eigenvalue weighted by molar-refractivity contribution is 6.30. The maximum Gasteiger partial charge on any atom is 0.419 e. The summed E-state index contributed by atoms with van der Waals surface area (Å²) in [4.78, 5) is 35.9. The van der Waals surface area contributed by atoms with Crippen molar-refractivity contribution in [2.45, 2.75) is 64.8 Å². The fraction of sp³-hybridized carbons (Fsp3) is 0.462. The number of aromatic amines is 1. The van der Waals surface area contributed by atoms with E-state index in [-0.39, 0.29) is 28.6 Å². The van der Waals surface area contributed by atoms with Gasteiger partial charge in [-0.3, -0.25) is 4.79 Å². The highest BCUT2D eigenvalue weighted by Gasteiger charge is 2.45. The lowest BCUT2D eigenvalue weighted by atomic mass is 10.0. The quantitative estimate of drug-likeness (QED) is 0.349. The fourth-order valence-corrected chi connectivity index (χ4v) is 4.28. The van der Waals surface area contributed by atoms with Gasteiger partial charge in [-0.15, -0.1) is 0 Å². The lowest BCUT2D eigenvalue weighted by Crippen LogP contribution is -2.34. The van der Waals surface area contributed by atoms with Gasteiger partial charge in [-0.05, 0) is 52.7 Å². The van der Waals surface area contributed by atoms with E-state index in [1.54, 1.807) is 27.7 Å². The number of rotatable bonds is 7. The van der Waals surface area contributed by atoms with Crippen molar-refractivity contribution in [2.75, 3.05) is 6.61 Å². The molecule has 204 valence electrons. The van der Waals surface area contributed by atoms with E-state index in [1.165, 1.54) is 24.4 Å². The van der Waals surface area contributed by atoms with Gasteiger partial charge < -0.3 is 19.8 Å². The smallest absolute Gasteiger partial charge is 0.419 e. The maximum atomic E-state index is 13.9. The molecule has 1 saturated carbocycles. The number of alkyl halides is 3. The molecule has 0 spiro atoms. The second kappa shape index (κ2) is 10.1. The van der Waals surface area contributed by atoms with E-state index < -0.39 is 34.9 Å². The third-order valence-electron chi connectivity index (χ3n) is 6.18. The fourth-order valence-electron chi connectivity index (χ4n) is 4.12. The molecule has 1 aliphatic carbocycles. The Morgan fingerprint density at radius 3 is 2.61 bits per heavy atom. The van der Waals surface area contributed by atoms with E-state index in [0.29, 0.717) is 36.0 Å². The van der Waals surface area contributed by atoms with Crippen molar-refractivity contribution in [1.29, 1.82) is 0 Å². The minimum absolute atomic E-state index is 0.0349. The van der Waals surface area contributed by atoms with E-state index in [4.69, 9.17) is 21.1 Å². The lowest BCUT2D eigenvalue weighted by molar-refractivity contribution is -0.139. The molecule has 2 heterocycles. The zero-order valence-corrected chi connectivity index (χ0v) is 22.1. The molecule has 3 aromatic rings. The summed E-state index contributed by atoms with van der Waals surface area (Å²) in [7, 11) is 0. The number of alkyl carbamates (subject to hydrolysis) is 1. The van der Waals surface area contributed by atoms with Crippen molar-refractivity contribution in [3.05, 3.63) is 62.9 Å². The van der Waals surface area contributed by atoms with Crippen LogP contribution in [0.25, 0.3) is 10.9 Å². The summed E-state index contributed by atoms with van der Waals surface area (Å²) in [5.41, 5.74) is -2.05. The summed E-state index contributed by atoms with van der Waals surface area (Å²) in [6.07, 6.45) is -2.36. The van der Waals surface area contributed by atoms with Crippen LogP contribution in [0, 0.1) is 5.41 Å². The molecular weight excluding hydrogens is 525 g/mol. The van der Waals surface area contributed by atoms with Gasteiger partial charge in [0.25, 0.3) is 5.56 Å². The number of H-pyrrole nitrogens is 1. The highest BCUT2D eigenvalue weighted by atomic mass is 35.5. The average Bonchev–Trinajstić information content (AvgIpc) is 3.55. The number of benzene rings is 1. The number of hydrogen-bond donors (Lipinski definition) is 2. The van der Waals surface area contributed by atoms with E-state index in [2.05, 4.69) is 20.3 Å². The Labute approximate surface area is 221 Å². The summed E-state index contributed by atoms with van der Waals surface area (Å²) in [6.45, 7) is 6.59. The number of nitrogens with one attached hydrogen (secondary N) is 2. The molecule has 1 amide bonds. The third kappa shape index (κ3) is 6.56. The van der Waals surface area contributed by atoms with Gasteiger partial charge in [0.2, 0.25) is 0 Å². The zero-order valence-electron chi connectivity index (χ0n) is 21.3. The molecule has 1 fully saturated rings. The molecule has 0 bridgehead atoms. The van der Waals surface area contributed by atoms with Crippen molar-refractivity contribution < 1.29 is 27.4 Å². The number of ether oxygens (including phenoxy) is 2. The van der Waals surface area contributed by atoms with Gasteiger partial charge in [0.15, 0.2) is 0 Å². The predicted molar refractivity (Wildman–Crippen MR) is 135 cm³/mol. The molecule has 1 aliphatic rings. The Morgan fingerprint density at radius 2 is 1.97 bits per heavy atom. The van der Waals surface area contributed by atoms with E-state index in [1.807, 2.05) is 0 Å². The predicted octanol–water partition coefficient (Wildman–Crippen LogP) is 5.98. The van der Waals surface area contributed by atoms with E-state index in [9.17, 15) is 22.8 Å². The summed E-state index contributed by atoms with van der Waals surface area (Å²) < 4.78 is 52.9. The summed E-state index contributed by atoms with van der Waals surface area (Å²) in [5, 5.41) is 3.04. The van der Waals surface area contributed by atoms with Crippen molar-refractivity contribution in [2.24, 2.45) is 5.41 Å². The topological polar surface area (TPSA) is 106 Å². The van der Waals surface area contributed by atoms with Crippen LogP contribution in [-0.2, 0) is 17.3 Å². The van der Waals surface area contributed by atoms with Crippen LogP contribution < -0.4 is 15.6 Å². The maximum absolute atomic E-state index is 13.9. The van der Waals surface area contributed by atoms with Crippen molar-refractivity contribution in [3.63, 3.8) is 0 Å². The molecule has 1 atom stereocenters. The second-order valence-electron chi connectivity index (χ2n) is 10.6. The number of fused-ring (bicyclic) bond motifs is 1. The molecule has 0 aliphatic heterocycles. The van der Waals surface area contributed by atoms with Crippen LogP contribution in [0.1, 0.15) is 63.5 Å². The second-order valence-corrected chi connectivity index (χ2v) is 11.0. The molecule has 1 aromatic carbocycles. The number of aromatic nitrogens is 3. The van der Waals surface area contributed by atoms with Crippen molar-refractivity contribution in [3.8, 4) is 5.75 Å². The lowest BCUT2D eigenvalue weighted by Gasteiger charge is -2.25. The molecule has 2 N–H and O–H groups in total. The average molecular weight is 553 g/mol. The first-order valence-electron chi connectivity index (χ1n) is 12.0. The van der Waals surface area contributed by atoms with Gasteiger partial charge in [-0.1, -0.05) is 23.7 Å². The summed E-state index contributed by atoms with van der Waals surface area (Å²) >= 11 is 5.86. The minimum Gasteiger partial charge on any atom is -0.492 e. The van der Waals surface area contributed by atoms with Crippen LogP contribution >= 0.6 is 11.6 Å². The third-order valence-corrected chi connectivity index (χ3v) is 6.39. The first-order valence-corrected chi connectivity index (χ1v) is 12.4. The van der Waals surface area contributed by atoms with Gasteiger partial charge in [-0.2, -0.15) is 13.2 Å². The molecule has 0 radical (unpaired) electrons. The van der Waals surface area contributed by atoms with Crippen molar-refractivity contribution in [1.82, 2.24) is 20.3 Å². The largest absolute Gasteiger partial charge is 0.492 e. The number of nitrogens with zero attached hydrogens (tertiary/aromatic N) is 2. The SMILES string of the molecule is C[C@@H](NC(=O)OC(C)(C)C)c1cccc(C(F)(F)F)c1OCC1(Cc2nc3cnc(Cl)cc3c(=O)[nH]2)CC1. The van der Waals surface area contributed by atoms with Crippen LogP contribution in [0.2, 0.25) is 5.15 Å². The van der Waals surface area contributed by atoms with Crippen LogP contribution in [0.3, 0.4) is 0 Å². The number of pyridine rings is 1. The standard InChI is InChI=1S/C26H28ClF3N4O4/c1-14(32-23(36)38-24(2,3)4)15-6-5-7-17(26(28,29)30)21(15)37-13-25(8-9-25)11-20-33-18-12-31-19(27)10-16(18)22(35)34-20/h5-7,10,12,14H,8-9,11,13H2,1-4H3,(H,32,36)(H,33,34,35)/t14-/m1/s1. The Balaban J connectivity index is 1.57. The number of hydrogen-bond acceptors (Lipinski definition) is 6. The zero-order chi connectivity index (χ0) is 27.9. The van der Waals surface area contributed by atoms with Gasteiger partial charge >= 0.3 is 12.3 Å². The van der Waals surface area contributed by atoms with E-state index >= 15 is 0 Å². The van der Waals surface area contributed by atoms with Crippen molar-refractivity contribution >= 4 is 28.6 Å². The van der Waals surface area contributed by atoms with Crippen LogP contribution in [0.5, 0.6) is 5.75 Å². The number of carbonyl (C=O) groups is 1. The number of carbonyl (C=O) groups excluding carboxylic acids is 1. The summed E-state index contributed by atoms with van der Waals surface area (Å²) in [5.74, 6) is 0.0330. The van der Waals surface area contributed by atoms with Crippen LogP contribution in [-0.4, -0.2) is 33.3 Å². The normalized spacial score (nSPS) is 15.7. The van der Waals surface area contributed by atoms with Gasteiger partial charge in [0, 0.05) is 17.4 Å². The molecule has 38 heavy (non-hydrogen) atoms. The molecule has 2 aromatic heterocycles.